The van der Waals surface area contributed by atoms with Crippen molar-refractivity contribution in [3.63, 3.8) is 0 Å². The van der Waals surface area contributed by atoms with Crippen LogP contribution in [0.1, 0.15) is 58.8 Å². The molecule has 1 aliphatic carbocycles. The molecule has 0 aromatic rings. The van der Waals surface area contributed by atoms with Crippen LogP contribution in [-0.2, 0) is 9.59 Å². The van der Waals surface area contributed by atoms with Crippen molar-refractivity contribution in [3.05, 3.63) is 0 Å². The fraction of sp³-hybridized carbons (Fsp3) is 0.882. The number of hydrogen-bond acceptors (Lipinski definition) is 3. The Morgan fingerprint density at radius 1 is 1.17 bits per heavy atom. The van der Waals surface area contributed by atoms with Gasteiger partial charge in [0, 0.05) is 37.5 Å². The number of nitrogens with one attached hydrogen (secondary N) is 1. The van der Waals surface area contributed by atoms with Gasteiger partial charge < -0.3 is 16.0 Å². The lowest BCUT2D eigenvalue weighted by molar-refractivity contribution is -0.134. The number of rotatable bonds is 5. The SMILES string of the molecule is CC(CC(=O)N1CCCC(C(C)N)C1)NC(=O)C1CCCC1.Cl. The maximum absolute atomic E-state index is 12.4. The van der Waals surface area contributed by atoms with Crippen molar-refractivity contribution in [1.82, 2.24) is 10.2 Å². The summed E-state index contributed by atoms with van der Waals surface area (Å²) in [6, 6.07) is 0.0476. The third kappa shape index (κ3) is 5.96. The zero-order chi connectivity index (χ0) is 16.1. The third-order valence-electron chi connectivity index (χ3n) is 5.15. The molecular formula is C17H32ClN3O2. The summed E-state index contributed by atoms with van der Waals surface area (Å²) in [4.78, 5) is 26.4. The van der Waals surface area contributed by atoms with Gasteiger partial charge in [-0.25, -0.2) is 0 Å². The fourth-order valence-electron chi connectivity index (χ4n) is 3.66. The highest BCUT2D eigenvalue weighted by atomic mass is 35.5. The molecule has 5 nitrogen and oxygen atoms in total. The molecule has 6 heteroatoms. The molecule has 23 heavy (non-hydrogen) atoms. The molecule has 1 aliphatic heterocycles. The summed E-state index contributed by atoms with van der Waals surface area (Å²) in [5, 5.41) is 3.01. The van der Waals surface area contributed by atoms with Crippen LogP contribution < -0.4 is 11.1 Å². The number of nitrogens with two attached hydrogens (primary N) is 1. The second-order valence-electron chi connectivity index (χ2n) is 7.20. The lowest BCUT2D eigenvalue weighted by Crippen LogP contribution is -2.47. The van der Waals surface area contributed by atoms with E-state index in [-0.39, 0.29) is 42.2 Å². The van der Waals surface area contributed by atoms with Gasteiger partial charge in [-0.2, -0.15) is 0 Å². The summed E-state index contributed by atoms with van der Waals surface area (Å²) in [6.07, 6.45) is 6.82. The van der Waals surface area contributed by atoms with Crippen molar-refractivity contribution in [1.29, 1.82) is 0 Å². The Morgan fingerprint density at radius 2 is 1.83 bits per heavy atom. The van der Waals surface area contributed by atoms with Gasteiger partial charge >= 0.3 is 0 Å². The summed E-state index contributed by atoms with van der Waals surface area (Å²) in [5.41, 5.74) is 5.97. The number of carbonyl (C=O) groups excluding carboxylic acids is 2. The molecule has 0 aromatic heterocycles. The van der Waals surface area contributed by atoms with Crippen LogP contribution in [0.3, 0.4) is 0 Å². The fourth-order valence-corrected chi connectivity index (χ4v) is 3.66. The number of carbonyl (C=O) groups is 2. The zero-order valence-corrected chi connectivity index (χ0v) is 15.2. The Kier molecular flexibility index (Phi) is 8.34. The molecule has 0 bridgehead atoms. The summed E-state index contributed by atoms with van der Waals surface area (Å²) in [7, 11) is 0. The predicted molar refractivity (Wildman–Crippen MR) is 94.4 cm³/mol. The number of nitrogens with zero attached hydrogens (tertiary/aromatic N) is 1. The summed E-state index contributed by atoms with van der Waals surface area (Å²) >= 11 is 0. The highest BCUT2D eigenvalue weighted by Gasteiger charge is 2.28. The average molecular weight is 346 g/mol. The lowest BCUT2D eigenvalue weighted by atomic mass is 9.92. The molecule has 2 amide bonds. The first kappa shape index (κ1) is 20.2. The van der Waals surface area contributed by atoms with E-state index in [1.165, 1.54) is 0 Å². The molecule has 0 radical (unpaired) electrons. The molecule has 3 unspecified atom stereocenters. The monoisotopic (exact) mass is 345 g/mol. The van der Waals surface area contributed by atoms with E-state index >= 15 is 0 Å². The van der Waals surface area contributed by atoms with Gasteiger partial charge in [0.05, 0.1) is 0 Å². The molecule has 2 aliphatic rings. The van der Waals surface area contributed by atoms with Gasteiger partial charge in [0.2, 0.25) is 11.8 Å². The van der Waals surface area contributed by atoms with E-state index < -0.39 is 0 Å². The topological polar surface area (TPSA) is 75.4 Å². The van der Waals surface area contributed by atoms with Crippen LogP contribution in [0.25, 0.3) is 0 Å². The molecule has 0 aromatic carbocycles. The summed E-state index contributed by atoms with van der Waals surface area (Å²) in [6.45, 7) is 5.53. The minimum Gasteiger partial charge on any atom is -0.353 e. The van der Waals surface area contributed by atoms with Crippen LogP contribution in [0.15, 0.2) is 0 Å². The van der Waals surface area contributed by atoms with Gasteiger partial charge in [-0.1, -0.05) is 12.8 Å². The number of amides is 2. The summed E-state index contributed by atoms with van der Waals surface area (Å²) in [5.74, 6) is 0.838. The molecule has 2 rings (SSSR count). The van der Waals surface area contributed by atoms with Crippen LogP contribution in [-0.4, -0.2) is 41.9 Å². The lowest BCUT2D eigenvalue weighted by Gasteiger charge is -2.35. The van der Waals surface area contributed by atoms with Crippen molar-refractivity contribution < 1.29 is 9.59 Å². The first-order valence-corrected chi connectivity index (χ1v) is 8.81. The quantitative estimate of drug-likeness (QED) is 0.801. The largest absolute Gasteiger partial charge is 0.353 e. The van der Waals surface area contributed by atoms with E-state index in [1.807, 2.05) is 18.7 Å². The zero-order valence-electron chi connectivity index (χ0n) is 14.4. The number of halogens is 1. The number of hydrogen-bond donors (Lipinski definition) is 2. The molecular weight excluding hydrogens is 314 g/mol. The molecule has 1 saturated heterocycles. The Balaban J connectivity index is 0.00000264. The van der Waals surface area contributed by atoms with Crippen molar-refractivity contribution in [2.75, 3.05) is 13.1 Å². The van der Waals surface area contributed by atoms with Crippen molar-refractivity contribution >= 4 is 24.2 Å². The molecule has 0 spiro atoms. The second kappa shape index (κ2) is 9.48. The van der Waals surface area contributed by atoms with Crippen molar-refractivity contribution in [2.45, 2.75) is 70.9 Å². The molecule has 1 heterocycles. The van der Waals surface area contributed by atoms with E-state index in [0.29, 0.717) is 12.3 Å². The van der Waals surface area contributed by atoms with Crippen LogP contribution in [0, 0.1) is 11.8 Å². The Morgan fingerprint density at radius 3 is 2.43 bits per heavy atom. The standard InChI is InChI=1S/C17H31N3O2.ClH/c1-12(19-17(22)14-6-3-4-7-14)10-16(21)20-9-5-8-15(11-20)13(2)18;/h12-15H,3-11,18H2,1-2H3,(H,19,22);1H. The molecule has 1 saturated carbocycles. The number of likely N-dealkylation sites (tertiary alicyclic amines) is 1. The third-order valence-corrected chi connectivity index (χ3v) is 5.15. The van der Waals surface area contributed by atoms with E-state index in [2.05, 4.69) is 5.32 Å². The van der Waals surface area contributed by atoms with Gasteiger partial charge in [-0.15, -0.1) is 12.4 Å². The van der Waals surface area contributed by atoms with Gasteiger partial charge in [0.1, 0.15) is 0 Å². The van der Waals surface area contributed by atoms with Crippen LogP contribution >= 0.6 is 12.4 Å². The van der Waals surface area contributed by atoms with Gasteiger partial charge in [-0.3, -0.25) is 9.59 Å². The summed E-state index contributed by atoms with van der Waals surface area (Å²) < 4.78 is 0. The van der Waals surface area contributed by atoms with E-state index in [0.717, 1.165) is 51.6 Å². The molecule has 3 atom stereocenters. The Hall–Kier alpha value is -0.810. The Labute approximate surface area is 146 Å². The van der Waals surface area contributed by atoms with Gasteiger partial charge in [0.25, 0.3) is 0 Å². The normalized spacial score (nSPS) is 24.7. The van der Waals surface area contributed by atoms with Crippen LogP contribution in [0.4, 0.5) is 0 Å². The minimum absolute atomic E-state index is 0. The van der Waals surface area contributed by atoms with E-state index in [1.54, 1.807) is 0 Å². The maximum atomic E-state index is 12.4. The van der Waals surface area contributed by atoms with Crippen LogP contribution in [0.5, 0.6) is 0 Å². The molecule has 2 fully saturated rings. The second-order valence-corrected chi connectivity index (χ2v) is 7.20. The van der Waals surface area contributed by atoms with Gasteiger partial charge in [-0.05, 0) is 45.4 Å². The first-order chi connectivity index (χ1) is 10.5. The highest BCUT2D eigenvalue weighted by molar-refractivity contribution is 5.85. The van der Waals surface area contributed by atoms with Crippen molar-refractivity contribution in [2.24, 2.45) is 17.6 Å². The minimum atomic E-state index is -0.0868. The predicted octanol–water partition coefficient (Wildman–Crippen LogP) is 2.08. The van der Waals surface area contributed by atoms with Crippen LogP contribution in [0.2, 0.25) is 0 Å². The van der Waals surface area contributed by atoms with E-state index in [9.17, 15) is 9.59 Å². The first-order valence-electron chi connectivity index (χ1n) is 8.81. The average Bonchev–Trinajstić information content (AvgIpc) is 3.01. The van der Waals surface area contributed by atoms with Crippen molar-refractivity contribution in [3.8, 4) is 0 Å². The van der Waals surface area contributed by atoms with Gasteiger partial charge in [0.15, 0.2) is 0 Å². The molecule has 3 N–H and O–H groups in total. The number of piperidine rings is 1. The molecule has 134 valence electrons. The Bertz CT molecular complexity index is 397. The highest BCUT2D eigenvalue weighted by Crippen LogP contribution is 2.25. The van der Waals surface area contributed by atoms with E-state index in [4.69, 9.17) is 5.73 Å². The smallest absolute Gasteiger partial charge is 0.224 e. The maximum Gasteiger partial charge on any atom is 0.224 e.